The number of carbonyl (C=O) groups excluding carboxylic acids is 1. The number of hydrogen-bond acceptors (Lipinski definition) is 4. The summed E-state index contributed by atoms with van der Waals surface area (Å²) in [5.74, 6) is -3.69. The highest BCUT2D eigenvalue weighted by Gasteiger charge is 2.34. The number of fused-ring (bicyclic) bond motifs is 1. The van der Waals surface area contributed by atoms with Crippen molar-refractivity contribution in [3.63, 3.8) is 0 Å². The van der Waals surface area contributed by atoms with Gasteiger partial charge in [0.15, 0.2) is 5.82 Å². The van der Waals surface area contributed by atoms with Gasteiger partial charge >= 0.3 is 5.92 Å². The highest BCUT2D eigenvalue weighted by molar-refractivity contribution is 9.10. The first-order valence-corrected chi connectivity index (χ1v) is 7.53. The van der Waals surface area contributed by atoms with Crippen molar-refractivity contribution in [2.75, 3.05) is 0 Å². The van der Waals surface area contributed by atoms with Gasteiger partial charge in [-0.1, -0.05) is 0 Å². The van der Waals surface area contributed by atoms with Crippen LogP contribution >= 0.6 is 15.9 Å². The summed E-state index contributed by atoms with van der Waals surface area (Å²) in [4.78, 5) is 31.1. The Labute approximate surface area is 132 Å². The molecule has 2 heterocycles. The van der Waals surface area contributed by atoms with Crippen molar-refractivity contribution in [1.29, 1.82) is 0 Å². The molecular formula is C14H12BrF2N3O2. The second-order valence-electron chi connectivity index (χ2n) is 5.50. The molecule has 1 saturated carbocycles. The van der Waals surface area contributed by atoms with Crippen LogP contribution in [-0.2, 0) is 10.7 Å². The predicted octanol–water partition coefficient (Wildman–Crippen LogP) is 2.82. The van der Waals surface area contributed by atoms with Crippen molar-refractivity contribution in [1.82, 2.24) is 14.5 Å². The normalized spacial score (nSPS) is 16.7. The number of aromatic nitrogens is 3. The zero-order valence-electron chi connectivity index (χ0n) is 11.6. The van der Waals surface area contributed by atoms with Gasteiger partial charge in [0.05, 0.1) is 21.4 Å². The molecule has 1 aliphatic carbocycles. The highest BCUT2D eigenvalue weighted by atomic mass is 79.9. The quantitative estimate of drug-likeness (QED) is 0.775. The summed E-state index contributed by atoms with van der Waals surface area (Å²) < 4.78 is 28.3. The van der Waals surface area contributed by atoms with Crippen LogP contribution in [0.2, 0.25) is 0 Å². The van der Waals surface area contributed by atoms with Gasteiger partial charge in [-0.15, -0.1) is 0 Å². The standard InChI is InChI=1S/C14H12BrF2N3O2/c1-14(16,17)13-18-4-8-11(19-13)9(15)5-20(12(8)22)10(6-21)7-2-3-7/h4-7,10H,2-3H2,1H3. The molecule has 0 saturated heterocycles. The smallest absolute Gasteiger partial charge is 0.303 e. The first-order chi connectivity index (χ1) is 10.3. The maximum Gasteiger partial charge on any atom is 0.303 e. The van der Waals surface area contributed by atoms with E-state index in [1.807, 2.05) is 0 Å². The molecule has 0 bridgehead atoms. The molecule has 2 aromatic heterocycles. The van der Waals surface area contributed by atoms with Crippen molar-refractivity contribution in [3.05, 3.63) is 33.0 Å². The Morgan fingerprint density at radius 2 is 2.18 bits per heavy atom. The number of aldehydes is 1. The largest absolute Gasteiger partial charge is 0.303 e. The van der Waals surface area contributed by atoms with Crippen molar-refractivity contribution in [3.8, 4) is 0 Å². The van der Waals surface area contributed by atoms with Crippen molar-refractivity contribution >= 4 is 33.1 Å². The molecule has 0 aromatic carbocycles. The van der Waals surface area contributed by atoms with E-state index in [1.54, 1.807) is 0 Å². The number of hydrogen-bond donors (Lipinski definition) is 0. The molecule has 0 spiro atoms. The molecule has 8 heteroatoms. The molecule has 1 fully saturated rings. The summed E-state index contributed by atoms with van der Waals surface area (Å²) in [5, 5.41) is 0.106. The van der Waals surface area contributed by atoms with E-state index in [0.717, 1.165) is 25.3 Å². The lowest BCUT2D eigenvalue weighted by Gasteiger charge is -2.15. The maximum atomic E-state index is 13.3. The zero-order chi connectivity index (χ0) is 16.1. The topological polar surface area (TPSA) is 64.8 Å². The second-order valence-corrected chi connectivity index (χ2v) is 6.35. The average Bonchev–Trinajstić information content (AvgIpc) is 3.28. The van der Waals surface area contributed by atoms with E-state index in [2.05, 4.69) is 25.9 Å². The Kier molecular flexibility index (Phi) is 3.58. The highest BCUT2D eigenvalue weighted by Crippen LogP contribution is 2.38. The molecule has 0 aliphatic heterocycles. The fraction of sp³-hybridized carbons (Fsp3) is 0.429. The number of rotatable bonds is 4. The number of alkyl halides is 2. The van der Waals surface area contributed by atoms with Gasteiger partial charge in [-0.25, -0.2) is 9.97 Å². The molecule has 1 aliphatic rings. The minimum atomic E-state index is -3.19. The van der Waals surface area contributed by atoms with Gasteiger partial charge in [-0.05, 0) is 34.7 Å². The van der Waals surface area contributed by atoms with Crippen LogP contribution in [0.3, 0.4) is 0 Å². The maximum absolute atomic E-state index is 13.3. The van der Waals surface area contributed by atoms with E-state index < -0.39 is 23.3 Å². The Balaban J connectivity index is 2.22. The van der Waals surface area contributed by atoms with Crippen LogP contribution in [0.25, 0.3) is 10.9 Å². The van der Waals surface area contributed by atoms with Gasteiger partial charge in [0.25, 0.3) is 5.56 Å². The third-order valence-electron chi connectivity index (χ3n) is 3.69. The Bertz CT molecular complexity index is 812. The van der Waals surface area contributed by atoms with Gasteiger partial charge in [0, 0.05) is 19.3 Å². The fourth-order valence-corrected chi connectivity index (χ4v) is 2.90. The SMILES string of the molecule is CC(F)(F)c1ncc2c(=O)n(C(C=O)C3CC3)cc(Br)c2n1. The van der Waals surface area contributed by atoms with E-state index in [0.29, 0.717) is 11.4 Å². The van der Waals surface area contributed by atoms with E-state index >= 15 is 0 Å². The van der Waals surface area contributed by atoms with Gasteiger partial charge in [-0.3, -0.25) is 4.79 Å². The summed E-state index contributed by atoms with van der Waals surface area (Å²) >= 11 is 3.24. The van der Waals surface area contributed by atoms with Crippen molar-refractivity contribution in [2.45, 2.75) is 31.7 Å². The summed E-state index contributed by atoms with van der Waals surface area (Å²) in [7, 11) is 0. The Morgan fingerprint density at radius 3 is 2.73 bits per heavy atom. The van der Waals surface area contributed by atoms with Gasteiger partial charge in [-0.2, -0.15) is 8.78 Å². The lowest BCUT2D eigenvalue weighted by molar-refractivity contribution is -0.111. The molecule has 1 unspecified atom stereocenters. The number of halogens is 3. The first-order valence-electron chi connectivity index (χ1n) is 6.74. The van der Waals surface area contributed by atoms with Crippen LogP contribution in [0.4, 0.5) is 8.78 Å². The molecule has 1 atom stereocenters. The summed E-state index contributed by atoms with van der Waals surface area (Å²) in [5.41, 5.74) is -0.332. The number of carbonyl (C=O) groups is 1. The molecule has 0 radical (unpaired) electrons. The summed E-state index contributed by atoms with van der Waals surface area (Å²) in [6.07, 6.45) is 5.05. The Hall–Kier alpha value is -1.70. The van der Waals surface area contributed by atoms with Gasteiger partial charge in [0.2, 0.25) is 0 Å². The van der Waals surface area contributed by atoms with Gasteiger partial charge in [0.1, 0.15) is 6.29 Å². The van der Waals surface area contributed by atoms with Crippen LogP contribution in [0.15, 0.2) is 21.7 Å². The second kappa shape index (κ2) is 5.19. The fourth-order valence-electron chi connectivity index (χ4n) is 2.38. The molecular weight excluding hydrogens is 360 g/mol. The molecule has 0 N–H and O–H groups in total. The molecule has 2 aromatic rings. The van der Waals surface area contributed by atoms with E-state index in [9.17, 15) is 18.4 Å². The summed E-state index contributed by atoms with van der Waals surface area (Å²) in [6, 6.07) is -0.541. The van der Waals surface area contributed by atoms with Crippen LogP contribution in [0.5, 0.6) is 0 Å². The third kappa shape index (κ3) is 2.55. The zero-order valence-corrected chi connectivity index (χ0v) is 13.2. The van der Waals surface area contributed by atoms with E-state index in [-0.39, 0.29) is 16.8 Å². The lowest BCUT2D eigenvalue weighted by atomic mass is 10.2. The van der Waals surface area contributed by atoms with E-state index in [1.165, 1.54) is 10.8 Å². The van der Waals surface area contributed by atoms with Crippen molar-refractivity contribution < 1.29 is 13.6 Å². The minimum Gasteiger partial charge on any atom is -0.303 e. The number of nitrogens with zero attached hydrogens (tertiary/aromatic N) is 3. The Morgan fingerprint density at radius 1 is 1.50 bits per heavy atom. The first kappa shape index (κ1) is 15.2. The van der Waals surface area contributed by atoms with Gasteiger partial charge < -0.3 is 9.36 Å². The third-order valence-corrected chi connectivity index (χ3v) is 4.27. The molecule has 5 nitrogen and oxygen atoms in total. The monoisotopic (exact) mass is 371 g/mol. The predicted molar refractivity (Wildman–Crippen MR) is 78.9 cm³/mol. The van der Waals surface area contributed by atoms with Crippen LogP contribution in [-0.4, -0.2) is 20.8 Å². The van der Waals surface area contributed by atoms with Crippen LogP contribution in [0, 0.1) is 5.92 Å². The van der Waals surface area contributed by atoms with Crippen LogP contribution < -0.4 is 5.56 Å². The van der Waals surface area contributed by atoms with Crippen LogP contribution in [0.1, 0.15) is 31.6 Å². The molecule has 22 heavy (non-hydrogen) atoms. The molecule has 3 rings (SSSR count). The summed E-state index contributed by atoms with van der Waals surface area (Å²) in [6.45, 7) is 0.693. The number of pyridine rings is 1. The van der Waals surface area contributed by atoms with Crippen molar-refractivity contribution in [2.24, 2.45) is 5.92 Å². The molecule has 116 valence electrons. The molecule has 0 amide bonds. The van der Waals surface area contributed by atoms with E-state index in [4.69, 9.17) is 0 Å². The lowest BCUT2D eigenvalue weighted by Crippen LogP contribution is -2.27. The average molecular weight is 372 g/mol. The minimum absolute atomic E-state index is 0.106.